The average Bonchev–Trinajstić information content (AvgIpc) is 3.17. The second-order valence-electron chi connectivity index (χ2n) is 6.30. The van der Waals surface area contributed by atoms with Crippen LogP contribution >= 0.6 is 0 Å². The van der Waals surface area contributed by atoms with E-state index in [1.165, 1.54) is 6.33 Å². The Morgan fingerprint density at radius 2 is 2.04 bits per heavy atom. The summed E-state index contributed by atoms with van der Waals surface area (Å²) in [7, 11) is 1.74. The SMILES string of the molecule is CN=C(NCc1cccc(-c2ncn[nH]2)c1)Nc1ccc2c(c1)OCCCO2. The molecule has 0 bridgehead atoms. The predicted molar refractivity (Wildman–Crippen MR) is 108 cm³/mol. The van der Waals surface area contributed by atoms with Crippen LogP contribution in [0.15, 0.2) is 53.8 Å². The molecule has 28 heavy (non-hydrogen) atoms. The number of anilines is 1. The fourth-order valence-corrected chi connectivity index (χ4v) is 2.92. The first kappa shape index (κ1) is 17.8. The van der Waals surface area contributed by atoms with E-state index < -0.39 is 0 Å². The predicted octanol–water partition coefficient (Wildman–Crippen LogP) is 2.82. The summed E-state index contributed by atoms with van der Waals surface area (Å²) in [5, 5.41) is 13.4. The lowest BCUT2D eigenvalue weighted by molar-refractivity contribution is 0.297. The van der Waals surface area contributed by atoms with Crippen LogP contribution in [0.3, 0.4) is 0 Å². The molecule has 0 fully saturated rings. The number of hydrogen-bond acceptors (Lipinski definition) is 5. The normalized spacial score (nSPS) is 13.7. The van der Waals surface area contributed by atoms with Crippen LogP contribution < -0.4 is 20.1 Å². The summed E-state index contributed by atoms with van der Waals surface area (Å²) in [5.74, 6) is 2.93. The van der Waals surface area contributed by atoms with Crippen molar-refractivity contribution in [1.29, 1.82) is 0 Å². The van der Waals surface area contributed by atoms with Gasteiger partial charge in [0, 0.05) is 37.3 Å². The Morgan fingerprint density at radius 3 is 2.86 bits per heavy atom. The number of aromatic nitrogens is 3. The molecule has 8 nitrogen and oxygen atoms in total. The number of H-pyrrole nitrogens is 1. The van der Waals surface area contributed by atoms with Crippen LogP contribution in [0.2, 0.25) is 0 Å². The summed E-state index contributed by atoms with van der Waals surface area (Å²) in [6, 6.07) is 13.9. The van der Waals surface area contributed by atoms with Crippen molar-refractivity contribution in [2.24, 2.45) is 4.99 Å². The van der Waals surface area contributed by atoms with Crippen molar-refractivity contribution in [3.05, 3.63) is 54.4 Å². The molecule has 1 aromatic heterocycles. The molecule has 4 rings (SSSR count). The lowest BCUT2D eigenvalue weighted by Gasteiger charge is -2.14. The molecular formula is C20H22N6O2. The summed E-state index contributed by atoms with van der Waals surface area (Å²) < 4.78 is 11.4. The first-order valence-corrected chi connectivity index (χ1v) is 9.14. The minimum absolute atomic E-state index is 0.617. The van der Waals surface area contributed by atoms with Gasteiger partial charge in [-0.1, -0.05) is 18.2 Å². The number of ether oxygens (including phenoxy) is 2. The number of nitrogens with one attached hydrogen (secondary N) is 3. The maximum Gasteiger partial charge on any atom is 0.195 e. The Labute approximate surface area is 163 Å². The van der Waals surface area contributed by atoms with E-state index in [0.717, 1.165) is 40.6 Å². The second-order valence-corrected chi connectivity index (χ2v) is 6.30. The molecule has 0 unspecified atom stereocenters. The lowest BCUT2D eigenvalue weighted by atomic mass is 10.1. The van der Waals surface area contributed by atoms with Gasteiger partial charge < -0.3 is 20.1 Å². The van der Waals surface area contributed by atoms with Gasteiger partial charge in [-0.15, -0.1) is 0 Å². The van der Waals surface area contributed by atoms with E-state index in [-0.39, 0.29) is 0 Å². The monoisotopic (exact) mass is 378 g/mol. The first-order valence-electron chi connectivity index (χ1n) is 9.14. The molecule has 8 heteroatoms. The van der Waals surface area contributed by atoms with Gasteiger partial charge in [-0.3, -0.25) is 10.1 Å². The van der Waals surface area contributed by atoms with Gasteiger partial charge in [0.05, 0.1) is 13.2 Å². The van der Waals surface area contributed by atoms with Gasteiger partial charge in [-0.05, 0) is 23.8 Å². The van der Waals surface area contributed by atoms with Crippen molar-refractivity contribution >= 4 is 11.6 Å². The number of guanidine groups is 1. The maximum absolute atomic E-state index is 5.74. The smallest absolute Gasteiger partial charge is 0.195 e. The number of rotatable bonds is 4. The molecule has 1 aliphatic heterocycles. The lowest BCUT2D eigenvalue weighted by Crippen LogP contribution is -2.30. The highest BCUT2D eigenvalue weighted by molar-refractivity contribution is 5.93. The molecule has 0 atom stereocenters. The molecule has 0 saturated heterocycles. The highest BCUT2D eigenvalue weighted by Gasteiger charge is 2.11. The zero-order valence-corrected chi connectivity index (χ0v) is 15.6. The van der Waals surface area contributed by atoms with Crippen LogP contribution in [0.25, 0.3) is 11.4 Å². The molecule has 3 aromatic rings. The van der Waals surface area contributed by atoms with Gasteiger partial charge >= 0.3 is 0 Å². The van der Waals surface area contributed by atoms with E-state index >= 15 is 0 Å². The van der Waals surface area contributed by atoms with Crippen LogP contribution in [0.1, 0.15) is 12.0 Å². The quantitative estimate of drug-likeness (QED) is 0.477. The van der Waals surface area contributed by atoms with Crippen molar-refractivity contribution in [1.82, 2.24) is 20.5 Å². The van der Waals surface area contributed by atoms with E-state index in [4.69, 9.17) is 9.47 Å². The van der Waals surface area contributed by atoms with Crippen molar-refractivity contribution in [3.63, 3.8) is 0 Å². The number of aromatic amines is 1. The van der Waals surface area contributed by atoms with E-state index in [2.05, 4.69) is 36.9 Å². The van der Waals surface area contributed by atoms with Crippen molar-refractivity contribution in [2.45, 2.75) is 13.0 Å². The molecular weight excluding hydrogens is 356 g/mol. The Bertz CT molecular complexity index is 955. The molecule has 144 valence electrons. The van der Waals surface area contributed by atoms with Gasteiger partial charge in [0.2, 0.25) is 0 Å². The summed E-state index contributed by atoms with van der Waals surface area (Å²) in [4.78, 5) is 8.49. The van der Waals surface area contributed by atoms with Gasteiger partial charge in [0.25, 0.3) is 0 Å². The van der Waals surface area contributed by atoms with Crippen LogP contribution in [0, 0.1) is 0 Å². The Hall–Kier alpha value is -3.55. The minimum atomic E-state index is 0.617. The molecule has 3 N–H and O–H groups in total. The van der Waals surface area contributed by atoms with Crippen molar-refractivity contribution in [2.75, 3.05) is 25.6 Å². The molecule has 1 aliphatic rings. The summed E-state index contributed by atoms with van der Waals surface area (Å²) >= 11 is 0. The standard InChI is InChI=1S/C20H22N6O2/c1-21-20(25-16-6-7-17-18(11-16)28-9-3-8-27-17)22-12-14-4-2-5-15(10-14)19-23-13-24-26-19/h2,4-7,10-11,13H,3,8-9,12H2,1H3,(H2,21,22,25)(H,23,24,26). The van der Waals surface area contributed by atoms with Crippen LogP contribution in [0.4, 0.5) is 5.69 Å². The minimum Gasteiger partial charge on any atom is -0.490 e. The third-order valence-corrected chi connectivity index (χ3v) is 4.31. The molecule has 2 aromatic carbocycles. The van der Waals surface area contributed by atoms with Crippen LogP contribution in [0.5, 0.6) is 11.5 Å². The third kappa shape index (κ3) is 4.22. The fourth-order valence-electron chi connectivity index (χ4n) is 2.92. The number of hydrogen-bond donors (Lipinski definition) is 3. The van der Waals surface area contributed by atoms with Crippen LogP contribution in [-0.2, 0) is 6.54 Å². The molecule has 0 saturated carbocycles. The van der Waals surface area contributed by atoms with Gasteiger partial charge in [-0.25, -0.2) is 4.98 Å². The molecule has 0 spiro atoms. The zero-order chi connectivity index (χ0) is 19.2. The first-order chi connectivity index (χ1) is 13.8. The van der Waals surface area contributed by atoms with Crippen LogP contribution in [-0.4, -0.2) is 41.4 Å². The highest BCUT2D eigenvalue weighted by atomic mass is 16.5. The summed E-state index contributed by atoms with van der Waals surface area (Å²) in [5.41, 5.74) is 2.98. The zero-order valence-electron chi connectivity index (χ0n) is 15.6. The Balaban J connectivity index is 1.40. The average molecular weight is 378 g/mol. The van der Waals surface area contributed by atoms with Gasteiger partial charge in [-0.2, -0.15) is 5.10 Å². The summed E-state index contributed by atoms with van der Waals surface area (Å²) in [6.07, 6.45) is 2.38. The topological polar surface area (TPSA) is 96.5 Å². The number of aliphatic imine (C=N–C) groups is 1. The van der Waals surface area contributed by atoms with Crippen molar-refractivity contribution in [3.8, 4) is 22.9 Å². The van der Waals surface area contributed by atoms with E-state index in [9.17, 15) is 0 Å². The van der Waals surface area contributed by atoms with Gasteiger partial charge in [0.15, 0.2) is 23.3 Å². The molecule has 0 radical (unpaired) electrons. The fraction of sp³-hybridized carbons (Fsp3) is 0.250. The molecule has 2 heterocycles. The molecule has 0 amide bonds. The number of nitrogens with zero attached hydrogens (tertiary/aromatic N) is 3. The van der Waals surface area contributed by atoms with E-state index in [1.54, 1.807) is 7.05 Å². The number of benzene rings is 2. The Morgan fingerprint density at radius 1 is 1.14 bits per heavy atom. The van der Waals surface area contributed by atoms with Crippen molar-refractivity contribution < 1.29 is 9.47 Å². The molecule has 0 aliphatic carbocycles. The second kappa shape index (κ2) is 8.43. The third-order valence-electron chi connectivity index (χ3n) is 4.31. The van der Waals surface area contributed by atoms with Gasteiger partial charge in [0.1, 0.15) is 6.33 Å². The van der Waals surface area contributed by atoms with E-state index in [1.807, 2.05) is 36.4 Å². The highest BCUT2D eigenvalue weighted by Crippen LogP contribution is 2.32. The Kier molecular flexibility index (Phi) is 5.37. The summed E-state index contributed by atoms with van der Waals surface area (Å²) in [6.45, 7) is 1.95. The largest absolute Gasteiger partial charge is 0.490 e. The van der Waals surface area contributed by atoms with E-state index in [0.29, 0.717) is 25.7 Å². The maximum atomic E-state index is 5.74. The number of fused-ring (bicyclic) bond motifs is 1.